The number of esters is 1. The Hall–Kier alpha value is -3.24. The lowest BCUT2D eigenvalue weighted by molar-refractivity contribution is -0.146. The van der Waals surface area contributed by atoms with E-state index in [9.17, 15) is 14.4 Å². The van der Waals surface area contributed by atoms with Crippen molar-refractivity contribution in [2.75, 3.05) is 20.3 Å². The summed E-state index contributed by atoms with van der Waals surface area (Å²) in [6, 6.07) is 13.3. The van der Waals surface area contributed by atoms with Gasteiger partial charge in [0.25, 0.3) is 5.91 Å². The summed E-state index contributed by atoms with van der Waals surface area (Å²) in [5.41, 5.74) is 4.80. The number of nitrogens with one attached hydrogen (secondary N) is 3. The van der Waals surface area contributed by atoms with Crippen molar-refractivity contribution in [2.24, 2.45) is 0 Å². The van der Waals surface area contributed by atoms with Gasteiger partial charge in [0, 0.05) is 13.5 Å². The van der Waals surface area contributed by atoms with Gasteiger partial charge < -0.3 is 19.5 Å². The van der Waals surface area contributed by atoms with Gasteiger partial charge in [0.2, 0.25) is 5.91 Å². The Morgan fingerprint density at radius 1 is 1.00 bits per heavy atom. The number of methoxy groups -OCH3 is 1. The molecular formula is C21H25N3O6S. The van der Waals surface area contributed by atoms with Crippen LogP contribution in [-0.4, -0.2) is 49.3 Å². The van der Waals surface area contributed by atoms with Crippen LogP contribution in [0.15, 0.2) is 42.5 Å². The first-order valence-electron chi connectivity index (χ1n) is 9.58. The lowest BCUT2D eigenvalue weighted by Gasteiger charge is -2.16. The second kappa shape index (κ2) is 12.5. The minimum absolute atomic E-state index is 0.0961. The van der Waals surface area contributed by atoms with Crippen molar-refractivity contribution in [3.8, 4) is 5.75 Å². The molecule has 3 N–H and O–H groups in total. The molecule has 1 atom stereocenters. The third-order valence-corrected chi connectivity index (χ3v) is 4.27. The molecule has 0 aliphatic heterocycles. The van der Waals surface area contributed by atoms with E-state index < -0.39 is 23.9 Å². The maximum atomic E-state index is 12.2. The zero-order valence-corrected chi connectivity index (χ0v) is 18.1. The van der Waals surface area contributed by atoms with E-state index in [1.54, 1.807) is 13.0 Å². The summed E-state index contributed by atoms with van der Waals surface area (Å²) in [6.07, 6.45) is -1.02. The van der Waals surface area contributed by atoms with Gasteiger partial charge in [-0.2, -0.15) is 0 Å². The Morgan fingerprint density at radius 3 is 2.48 bits per heavy atom. The summed E-state index contributed by atoms with van der Waals surface area (Å²) in [5.74, 6) is -0.934. The van der Waals surface area contributed by atoms with E-state index in [0.29, 0.717) is 5.75 Å². The van der Waals surface area contributed by atoms with Gasteiger partial charge >= 0.3 is 5.97 Å². The van der Waals surface area contributed by atoms with Crippen molar-refractivity contribution in [1.29, 1.82) is 0 Å². The molecule has 0 aliphatic rings. The monoisotopic (exact) mass is 447 g/mol. The highest BCUT2D eigenvalue weighted by Gasteiger charge is 2.16. The molecule has 0 fully saturated rings. The van der Waals surface area contributed by atoms with Crippen molar-refractivity contribution >= 4 is 45.9 Å². The summed E-state index contributed by atoms with van der Waals surface area (Å²) >= 11 is 4.95. The molecule has 2 rings (SSSR count). The van der Waals surface area contributed by atoms with E-state index in [1.807, 2.05) is 36.4 Å². The first-order chi connectivity index (χ1) is 14.9. The van der Waals surface area contributed by atoms with E-state index in [4.69, 9.17) is 26.4 Å². The van der Waals surface area contributed by atoms with Crippen molar-refractivity contribution < 1.29 is 28.6 Å². The fourth-order valence-corrected chi connectivity index (χ4v) is 2.63. The van der Waals surface area contributed by atoms with E-state index in [0.717, 1.165) is 10.8 Å². The molecule has 0 bridgehead atoms. The first kappa shape index (κ1) is 24.0. The maximum Gasteiger partial charge on any atom is 0.306 e. The highest BCUT2D eigenvalue weighted by Crippen LogP contribution is 2.21. The second-order valence-electron chi connectivity index (χ2n) is 6.47. The average Bonchev–Trinajstić information content (AvgIpc) is 2.76. The Morgan fingerprint density at radius 2 is 1.74 bits per heavy atom. The number of rotatable bonds is 9. The minimum Gasteiger partial charge on any atom is -0.481 e. The molecule has 0 spiro atoms. The topological polar surface area (TPSA) is 115 Å². The highest BCUT2D eigenvalue weighted by atomic mass is 32.1. The number of carbonyl (C=O) groups is 3. The fraction of sp³-hybridized carbons (Fsp3) is 0.333. The number of hydrogen-bond acceptors (Lipinski definition) is 7. The Kier molecular flexibility index (Phi) is 9.66. The zero-order valence-electron chi connectivity index (χ0n) is 17.3. The van der Waals surface area contributed by atoms with E-state index >= 15 is 0 Å². The molecule has 0 heterocycles. The molecule has 0 aliphatic carbocycles. The van der Waals surface area contributed by atoms with Crippen LogP contribution in [0, 0.1) is 0 Å². The van der Waals surface area contributed by atoms with Crippen LogP contribution in [0.4, 0.5) is 0 Å². The van der Waals surface area contributed by atoms with Gasteiger partial charge in [-0.15, -0.1) is 0 Å². The molecule has 2 aromatic carbocycles. The van der Waals surface area contributed by atoms with Gasteiger partial charge in [-0.3, -0.25) is 25.2 Å². The molecule has 2 amide bonds. The lowest BCUT2D eigenvalue weighted by Crippen LogP contribution is -2.51. The van der Waals surface area contributed by atoms with Crippen LogP contribution in [0.3, 0.4) is 0 Å². The van der Waals surface area contributed by atoms with Gasteiger partial charge in [-0.05, 0) is 42.0 Å². The van der Waals surface area contributed by atoms with Crippen molar-refractivity contribution in [2.45, 2.75) is 25.9 Å². The summed E-state index contributed by atoms with van der Waals surface area (Å²) < 4.78 is 15.3. The van der Waals surface area contributed by atoms with Crippen molar-refractivity contribution in [3.63, 3.8) is 0 Å². The predicted molar refractivity (Wildman–Crippen MR) is 118 cm³/mol. The SMILES string of the molecule is COCCOC(=O)CCC(=O)NC(=S)NNC(=O)[C@@H](C)Oc1ccc2ccccc2c1. The summed E-state index contributed by atoms with van der Waals surface area (Å²) in [6.45, 7) is 2.00. The molecule has 0 unspecified atom stereocenters. The molecule has 2 aromatic rings. The number of fused-ring (bicyclic) bond motifs is 1. The van der Waals surface area contributed by atoms with Crippen molar-refractivity contribution in [1.82, 2.24) is 16.2 Å². The highest BCUT2D eigenvalue weighted by molar-refractivity contribution is 7.80. The zero-order chi connectivity index (χ0) is 22.6. The summed E-state index contributed by atoms with van der Waals surface area (Å²) in [7, 11) is 1.49. The number of benzene rings is 2. The molecule has 31 heavy (non-hydrogen) atoms. The van der Waals surface area contributed by atoms with Gasteiger partial charge in [-0.1, -0.05) is 30.3 Å². The van der Waals surface area contributed by atoms with Gasteiger partial charge in [0.05, 0.1) is 13.0 Å². The molecule has 0 saturated heterocycles. The maximum absolute atomic E-state index is 12.2. The molecular weight excluding hydrogens is 422 g/mol. The Bertz CT molecular complexity index is 936. The molecule has 10 heteroatoms. The molecule has 0 aromatic heterocycles. The van der Waals surface area contributed by atoms with Crippen LogP contribution in [0.2, 0.25) is 0 Å². The van der Waals surface area contributed by atoms with Gasteiger partial charge in [-0.25, -0.2) is 0 Å². The standard InChI is InChI=1S/C21H25N3O6S/c1-14(30-17-8-7-15-5-3-4-6-16(15)13-17)20(27)23-24-21(31)22-18(25)9-10-19(26)29-12-11-28-2/h3-8,13-14H,9-12H2,1-2H3,(H,23,27)(H2,22,24,25,31)/t14-/m1/s1. The molecule has 9 nitrogen and oxygen atoms in total. The number of amides is 2. The normalized spacial score (nSPS) is 11.3. The summed E-state index contributed by atoms with van der Waals surface area (Å²) in [5, 5.41) is 4.32. The van der Waals surface area contributed by atoms with Crippen LogP contribution < -0.4 is 20.9 Å². The Labute approximate surface area is 185 Å². The van der Waals surface area contributed by atoms with Crippen molar-refractivity contribution in [3.05, 3.63) is 42.5 Å². The van der Waals surface area contributed by atoms with E-state index in [2.05, 4.69) is 16.2 Å². The fourth-order valence-electron chi connectivity index (χ4n) is 2.47. The number of ether oxygens (including phenoxy) is 3. The number of hydrogen-bond donors (Lipinski definition) is 3. The van der Waals surface area contributed by atoms with E-state index in [1.165, 1.54) is 7.11 Å². The minimum atomic E-state index is -0.811. The predicted octanol–water partition coefficient (Wildman–Crippen LogP) is 1.60. The third kappa shape index (κ3) is 8.57. The molecule has 166 valence electrons. The number of hydrazine groups is 1. The second-order valence-corrected chi connectivity index (χ2v) is 6.88. The number of thiocarbonyl (C=S) groups is 1. The molecule has 0 saturated carbocycles. The van der Waals surface area contributed by atoms with Crippen LogP contribution in [0.5, 0.6) is 5.75 Å². The Balaban J connectivity index is 1.69. The van der Waals surface area contributed by atoms with Crippen LogP contribution in [0.25, 0.3) is 10.8 Å². The van der Waals surface area contributed by atoms with Gasteiger partial charge in [0.15, 0.2) is 11.2 Å². The third-order valence-electron chi connectivity index (χ3n) is 4.06. The lowest BCUT2D eigenvalue weighted by atomic mass is 10.1. The molecule has 0 radical (unpaired) electrons. The first-order valence-corrected chi connectivity index (χ1v) is 9.99. The summed E-state index contributed by atoms with van der Waals surface area (Å²) in [4.78, 5) is 35.4. The van der Waals surface area contributed by atoms with Gasteiger partial charge in [0.1, 0.15) is 12.4 Å². The van der Waals surface area contributed by atoms with Crippen LogP contribution in [0.1, 0.15) is 19.8 Å². The van der Waals surface area contributed by atoms with Crippen LogP contribution >= 0.6 is 12.2 Å². The number of carbonyl (C=O) groups excluding carboxylic acids is 3. The quantitative estimate of drug-likeness (QED) is 0.230. The van der Waals surface area contributed by atoms with E-state index in [-0.39, 0.29) is 31.2 Å². The average molecular weight is 448 g/mol. The van der Waals surface area contributed by atoms with Crippen LogP contribution in [-0.2, 0) is 23.9 Å². The smallest absolute Gasteiger partial charge is 0.306 e. The largest absolute Gasteiger partial charge is 0.481 e.